The number of fused-ring (bicyclic) bond motifs is 1. The summed E-state index contributed by atoms with van der Waals surface area (Å²) in [6, 6.07) is 7.71. The molecular weight excluding hydrogens is 430 g/mol. The quantitative estimate of drug-likeness (QED) is 0.570. The third kappa shape index (κ3) is 3.98. The Labute approximate surface area is 155 Å². The van der Waals surface area contributed by atoms with Crippen molar-refractivity contribution in [1.82, 2.24) is 9.71 Å². The van der Waals surface area contributed by atoms with Crippen molar-refractivity contribution < 1.29 is 17.6 Å². The van der Waals surface area contributed by atoms with Crippen LogP contribution in [0.2, 0.25) is 0 Å². The zero-order valence-electron chi connectivity index (χ0n) is 12.7. The largest absolute Gasteiger partial charge is 0.444 e. The Hall–Kier alpha value is -2.01. The number of rotatable bonds is 6. The van der Waals surface area contributed by atoms with Crippen molar-refractivity contribution in [1.29, 1.82) is 0 Å². The van der Waals surface area contributed by atoms with E-state index in [0.29, 0.717) is 20.0 Å². The highest BCUT2D eigenvalue weighted by atomic mass is 79.9. The number of thiazole rings is 1. The molecule has 7 nitrogen and oxygen atoms in total. The van der Waals surface area contributed by atoms with Gasteiger partial charge in [-0.05, 0) is 46.3 Å². The predicted molar refractivity (Wildman–Crippen MR) is 99.4 cm³/mol. The summed E-state index contributed by atoms with van der Waals surface area (Å²) in [5.74, 6) is -0.298. The molecule has 0 spiro atoms. The van der Waals surface area contributed by atoms with Crippen LogP contribution < -0.4 is 10.0 Å². The van der Waals surface area contributed by atoms with Crippen molar-refractivity contribution in [2.75, 3.05) is 11.9 Å². The molecule has 0 saturated heterocycles. The molecule has 3 aromatic rings. The summed E-state index contributed by atoms with van der Waals surface area (Å²) >= 11 is 4.30. The summed E-state index contributed by atoms with van der Waals surface area (Å²) in [6.07, 6.45) is 1.46. The first-order valence-electron chi connectivity index (χ1n) is 6.97. The maximum Gasteiger partial charge on any atom is 0.293 e. The molecule has 0 fully saturated rings. The number of benzene rings is 1. The second-order valence-electron chi connectivity index (χ2n) is 4.85. The monoisotopic (exact) mass is 441 g/mol. The smallest absolute Gasteiger partial charge is 0.293 e. The molecule has 0 aliphatic heterocycles. The fourth-order valence-electron chi connectivity index (χ4n) is 1.97. The lowest BCUT2D eigenvalue weighted by Gasteiger charge is -2.03. The molecule has 0 aliphatic rings. The van der Waals surface area contributed by atoms with Gasteiger partial charge in [-0.1, -0.05) is 17.4 Å². The van der Waals surface area contributed by atoms with E-state index >= 15 is 0 Å². The highest BCUT2D eigenvalue weighted by Crippen LogP contribution is 2.28. The Kier molecular flexibility index (Phi) is 5.04. The molecule has 10 heteroatoms. The van der Waals surface area contributed by atoms with Gasteiger partial charge in [0.05, 0.1) is 15.1 Å². The van der Waals surface area contributed by atoms with E-state index < -0.39 is 15.9 Å². The van der Waals surface area contributed by atoms with Gasteiger partial charge in [-0.25, -0.2) is 18.1 Å². The van der Waals surface area contributed by atoms with Crippen molar-refractivity contribution in [2.24, 2.45) is 0 Å². The van der Waals surface area contributed by atoms with E-state index in [0.717, 1.165) is 0 Å². The van der Waals surface area contributed by atoms with E-state index in [4.69, 9.17) is 4.42 Å². The average Bonchev–Trinajstić information content (AvgIpc) is 3.17. The van der Waals surface area contributed by atoms with Crippen molar-refractivity contribution in [3.05, 3.63) is 53.4 Å². The van der Waals surface area contributed by atoms with Crippen molar-refractivity contribution in [3.63, 3.8) is 0 Å². The van der Waals surface area contributed by atoms with Gasteiger partial charge < -0.3 is 4.42 Å². The van der Waals surface area contributed by atoms with Crippen LogP contribution in [0.4, 0.5) is 5.13 Å². The number of nitrogens with zero attached hydrogens (tertiary/aromatic N) is 1. The number of carbonyl (C=O) groups is 1. The molecule has 3 rings (SSSR count). The molecule has 0 atom stereocenters. The molecule has 0 radical (unpaired) electrons. The fourth-order valence-corrected chi connectivity index (χ4v) is 4.28. The number of furan rings is 1. The Morgan fingerprint density at radius 2 is 2.16 bits per heavy atom. The van der Waals surface area contributed by atoms with E-state index in [1.54, 1.807) is 12.1 Å². The maximum absolute atomic E-state index is 12.1. The number of hydrogen-bond donors (Lipinski definition) is 2. The number of sulfonamides is 1. The Morgan fingerprint density at radius 1 is 1.36 bits per heavy atom. The highest BCUT2D eigenvalue weighted by Gasteiger charge is 2.16. The standard InChI is InChI=1S/C15H12BrN3O4S2/c1-2-7-17-25(21,22)9-3-4-10-12(8-9)24-15(18-10)19-14(20)11-5-6-13(16)23-11/h2-6,8,17H,1,7H2,(H,18,19,20). The van der Waals surface area contributed by atoms with Gasteiger partial charge in [-0.3, -0.25) is 10.1 Å². The van der Waals surface area contributed by atoms with Crippen LogP contribution in [-0.2, 0) is 10.0 Å². The number of halogens is 1. The van der Waals surface area contributed by atoms with Crippen LogP contribution in [0.3, 0.4) is 0 Å². The van der Waals surface area contributed by atoms with Crippen LogP contribution in [0.5, 0.6) is 0 Å². The second kappa shape index (κ2) is 7.08. The summed E-state index contributed by atoms with van der Waals surface area (Å²) in [4.78, 5) is 16.5. The molecular formula is C15H12BrN3O4S2. The SMILES string of the molecule is C=CCNS(=O)(=O)c1ccc2nc(NC(=O)c3ccc(Br)o3)sc2c1. The summed E-state index contributed by atoms with van der Waals surface area (Å²) in [5.41, 5.74) is 0.587. The van der Waals surface area contributed by atoms with E-state index in [-0.39, 0.29) is 17.2 Å². The van der Waals surface area contributed by atoms with E-state index in [1.165, 1.54) is 35.6 Å². The maximum atomic E-state index is 12.1. The minimum Gasteiger partial charge on any atom is -0.444 e. The molecule has 1 aromatic carbocycles. The third-order valence-corrected chi connectivity index (χ3v) is 5.89. The first-order chi connectivity index (χ1) is 11.9. The predicted octanol–water partition coefficient (Wildman–Crippen LogP) is 3.37. The molecule has 2 aromatic heterocycles. The van der Waals surface area contributed by atoms with Gasteiger partial charge >= 0.3 is 0 Å². The van der Waals surface area contributed by atoms with Crippen LogP contribution in [0, 0.1) is 0 Å². The zero-order valence-corrected chi connectivity index (χ0v) is 15.9. The molecule has 2 heterocycles. The lowest BCUT2D eigenvalue weighted by molar-refractivity contribution is 0.0995. The minimum absolute atomic E-state index is 0.123. The number of nitrogens with one attached hydrogen (secondary N) is 2. The van der Waals surface area contributed by atoms with Crippen molar-refractivity contribution >= 4 is 58.5 Å². The lowest BCUT2D eigenvalue weighted by atomic mass is 10.3. The van der Waals surface area contributed by atoms with Crippen molar-refractivity contribution in [3.8, 4) is 0 Å². The Morgan fingerprint density at radius 3 is 2.84 bits per heavy atom. The average molecular weight is 442 g/mol. The molecule has 2 N–H and O–H groups in total. The summed E-state index contributed by atoms with van der Waals surface area (Å²) in [7, 11) is -3.62. The number of anilines is 1. The van der Waals surface area contributed by atoms with Gasteiger partial charge in [0.2, 0.25) is 10.0 Å². The van der Waals surface area contributed by atoms with E-state index in [1.807, 2.05) is 0 Å². The zero-order chi connectivity index (χ0) is 18.0. The second-order valence-corrected chi connectivity index (χ2v) is 8.43. The Bertz CT molecular complexity index is 1060. The Balaban J connectivity index is 1.85. The normalized spacial score (nSPS) is 11.6. The molecule has 0 bridgehead atoms. The molecule has 0 unspecified atom stereocenters. The van der Waals surface area contributed by atoms with E-state index in [9.17, 15) is 13.2 Å². The van der Waals surface area contributed by atoms with Crippen LogP contribution >= 0.6 is 27.3 Å². The number of hydrogen-bond acceptors (Lipinski definition) is 6. The topological polar surface area (TPSA) is 101 Å². The molecule has 25 heavy (non-hydrogen) atoms. The molecule has 130 valence electrons. The van der Waals surface area contributed by atoms with Gasteiger partial charge in [0.25, 0.3) is 5.91 Å². The molecule has 0 saturated carbocycles. The third-order valence-electron chi connectivity index (χ3n) is 3.11. The number of carbonyl (C=O) groups excluding carboxylic acids is 1. The van der Waals surface area contributed by atoms with Gasteiger partial charge in [0.15, 0.2) is 15.6 Å². The number of amides is 1. The van der Waals surface area contributed by atoms with Crippen LogP contribution in [0.25, 0.3) is 10.2 Å². The van der Waals surface area contributed by atoms with Gasteiger partial charge in [0, 0.05) is 6.54 Å². The van der Waals surface area contributed by atoms with Crippen molar-refractivity contribution in [2.45, 2.75) is 4.90 Å². The van der Waals surface area contributed by atoms with Crippen LogP contribution in [0.15, 0.2) is 57.0 Å². The van der Waals surface area contributed by atoms with Gasteiger partial charge in [0.1, 0.15) is 0 Å². The van der Waals surface area contributed by atoms with Gasteiger partial charge in [-0.15, -0.1) is 6.58 Å². The highest BCUT2D eigenvalue weighted by molar-refractivity contribution is 9.10. The van der Waals surface area contributed by atoms with E-state index in [2.05, 4.69) is 37.5 Å². The minimum atomic E-state index is -3.62. The first-order valence-corrected chi connectivity index (χ1v) is 10.1. The van der Waals surface area contributed by atoms with Gasteiger partial charge in [-0.2, -0.15) is 0 Å². The molecule has 1 amide bonds. The summed E-state index contributed by atoms with van der Waals surface area (Å²) in [5, 5.41) is 2.98. The van der Waals surface area contributed by atoms with Crippen LogP contribution in [-0.4, -0.2) is 25.9 Å². The summed E-state index contributed by atoms with van der Waals surface area (Å²) in [6.45, 7) is 3.62. The fraction of sp³-hybridized carbons (Fsp3) is 0.0667. The first kappa shape index (κ1) is 17.8. The molecule has 0 aliphatic carbocycles. The number of aromatic nitrogens is 1. The summed E-state index contributed by atoms with van der Waals surface area (Å²) < 4.78 is 33.0. The lowest BCUT2D eigenvalue weighted by Crippen LogP contribution is -2.23. The van der Waals surface area contributed by atoms with Crippen LogP contribution in [0.1, 0.15) is 10.6 Å².